The van der Waals surface area contributed by atoms with Gasteiger partial charge in [-0.15, -0.1) is 0 Å². The van der Waals surface area contributed by atoms with Gasteiger partial charge in [-0.05, 0) is 44.2 Å². The molecule has 0 saturated carbocycles. The van der Waals surface area contributed by atoms with Gasteiger partial charge in [-0.25, -0.2) is 9.97 Å². The average Bonchev–Trinajstić information content (AvgIpc) is 2.80. The normalized spacial score (nSPS) is 22.0. The van der Waals surface area contributed by atoms with E-state index in [0.717, 1.165) is 62.3 Å². The van der Waals surface area contributed by atoms with Crippen molar-refractivity contribution in [1.82, 2.24) is 19.9 Å². The molecule has 0 unspecified atom stereocenters. The Morgan fingerprint density at radius 3 is 2.73 bits per heavy atom. The number of likely N-dealkylation sites (tertiary alicyclic amines) is 1. The van der Waals surface area contributed by atoms with Gasteiger partial charge in [0.15, 0.2) is 5.82 Å². The molecule has 0 N–H and O–H groups in total. The summed E-state index contributed by atoms with van der Waals surface area (Å²) >= 11 is 0. The lowest BCUT2D eigenvalue weighted by Gasteiger charge is -2.34. The maximum absolute atomic E-state index is 12.9. The molecular weight excluding hydrogens is 378 g/mol. The monoisotopic (exact) mass is 409 g/mol. The Kier molecular flexibility index (Phi) is 6.57. The summed E-state index contributed by atoms with van der Waals surface area (Å²) in [6.07, 6.45) is 9.40. The van der Waals surface area contributed by atoms with Gasteiger partial charge in [0.05, 0.1) is 18.2 Å². The minimum atomic E-state index is 0.0873. The highest BCUT2D eigenvalue weighted by Crippen LogP contribution is 2.30. The molecule has 2 saturated heterocycles. The topological polar surface area (TPSA) is 71.5 Å². The molecule has 4 rings (SSSR count). The van der Waals surface area contributed by atoms with Crippen LogP contribution >= 0.6 is 0 Å². The Hall–Kier alpha value is -2.54. The van der Waals surface area contributed by atoms with E-state index in [9.17, 15) is 4.79 Å². The molecule has 2 atom stereocenters. The lowest BCUT2D eigenvalue weighted by atomic mass is 9.93. The van der Waals surface area contributed by atoms with Crippen molar-refractivity contribution in [2.45, 2.75) is 50.5 Å². The van der Waals surface area contributed by atoms with Gasteiger partial charge in [0, 0.05) is 63.7 Å². The Balaban J connectivity index is 1.52. The van der Waals surface area contributed by atoms with E-state index in [1.807, 2.05) is 36.0 Å². The summed E-state index contributed by atoms with van der Waals surface area (Å²) in [5.41, 5.74) is 1.96. The first-order valence-electron chi connectivity index (χ1n) is 11.0. The third-order valence-electron chi connectivity index (χ3n) is 6.00. The van der Waals surface area contributed by atoms with Crippen LogP contribution < -0.4 is 4.90 Å². The maximum Gasteiger partial charge on any atom is 0.225 e. The number of rotatable bonds is 5. The predicted molar refractivity (Wildman–Crippen MR) is 116 cm³/mol. The molecule has 1 amide bonds. The van der Waals surface area contributed by atoms with Crippen LogP contribution in [0.5, 0.6) is 0 Å². The Bertz CT molecular complexity index is 852. The summed E-state index contributed by atoms with van der Waals surface area (Å²) in [7, 11) is 3.98. The molecular formula is C23H31N5O2. The van der Waals surface area contributed by atoms with E-state index < -0.39 is 0 Å². The minimum Gasteiger partial charge on any atom is -0.378 e. The van der Waals surface area contributed by atoms with Gasteiger partial charge in [0.2, 0.25) is 5.91 Å². The van der Waals surface area contributed by atoms with Gasteiger partial charge < -0.3 is 14.5 Å². The minimum absolute atomic E-state index is 0.0873. The van der Waals surface area contributed by atoms with Crippen molar-refractivity contribution in [3.8, 4) is 11.4 Å². The van der Waals surface area contributed by atoms with Crippen LogP contribution in [0.15, 0.2) is 30.6 Å². The SMILES string of the molecule is CN(C)c1cc([C@@H]2CCCN(C(=O)C[C@H]3CCCCO3)C2)nc(-c2ccncc2)n1. The molecule has 2 aliphatic heterocycles. The first-order chi connectivity index (χ1) is 14.6. The van der Waals surface area contributed by atoms with Crippen molar-refractivity contribution in [2.75, 3.05) is 38.7 Å². The zero-order valence-corrected chi connectivity index (χ0v) is 18.0. The Morgan fingerprint density at radius 1 is 1.17 bits per heavy atom. The van der Waals surface area contributed by atoms with Crippen LogP contribution in [0.1, 0.15) is 50.1 Å². The third kappa shape index (κ3) is 4.95. The largest absolute Gasteiger partial charge is 0.378 e. The van der Waals surface area contributed by atoms with E-state index >= 15 is 0 Å². The average molecular weight is 410 g/mol. The first kappa shape index (κ1) is 20.7. The fraction of sp³-hybridized carbons (Fsp3) is 0.565. The summed E-state index contributed by atoms with van der Waals surface area (Å²) in [6.45, 7) is 2.32. The van der Waals surface area contributed by atoms with Crippen LogP contribution in [0.2, 0.25) is 0 Å². The van der Waals surface area contributed by atoms with E-state index in [0.29, 0.717) is 18.8 Å². The molecule has 2 aliphatic rings. The quantitative estimate of drug-likeness (QED) is 0.755. The van der Waals surface area contributed by atoms with Crippen LogP contribution in [0.3, 0.4) is 0 Å². The van der Waals surface area contributed by atoms with Crippen LogP contribution in [0, 0.1) is 0 Å². The molecule has 160 valence electrons. The first-order valence-corrected chi connectivity index (χ1v) is 11.0. The fourth-order valence-corrected chi connectivity index (χ4v) is 4.26. The van der Waals surface area contributed by atoms with Crippen LogP contribution in [-0.4, -0.2) is 65.7 Å². The van der Waals surface area contributed by atoms with Crippen LogP contribution in [0.25, 0.3) is 11.4 Å². The molecule has 30 heavy (non-hydrogen) atoms. The maximum atomic E-state index is 12.9. The molecule has 4 heterocycles. The molecule has 0 spiro atoms. The second kappa shape index (κ2) is 9.51. The van der Waals surface area contributed by atoms with Gasteiger partial charge in [0.25, 0.3) is 0 Å². The number of hydrogen-bond acceptors (Lipinski definition) is 6. The number of amides is 1. The van der Waals surface area contributed by atoms with Crippen LogP contribution in [0.4, 0.5) is 5.82 Å². The number of piperidine rings is 1. The second-order valence-electron chi connectivity index (χ2n) is 8.48. The molecule has 2 fully saturated rings. The molecule has 0 radical (unpaired) electrons. The molecule has 0 aliphatic carbocycles. The van der Waals surface area contributed by atoms with Gasteiger partial charge in [-0.1, -0.05) is 0 Å². The van der Waals surface area contributed by atoms with E-state index in [-0.39, 0.29) is 17.9 Å². The van der Waals surface area contributed by atoms with Crippen molar-refractivity contribution >= 4 is 11.7 Å². The molecule has 7 heteroatoms. The Morgan fingerprint density at radius 2 is 2.00 bits per heavy atom. The van der Waals surface area contributed by atoms with Crippen molar-refractivity contribution < 1.29 is 9.53 Å². The lowest BCUT2D eigenvalue weighted by Crippen LogP contribution is -2.41. The zero-order chi connectivity index (χ0) is 20.9. The van der Waals surface area contributed by atoms with Crippen LogP contribution in [-0.2, 0) is 9.53 Å². The van der Waals surface area contributed by atoms with Crippen molar-refractivity contribution in [3.05, 3.63) is 36.3 Å². The highest BCUT2D eigenvalue weighted by molar-refractivity contribution is 5.77. The standard InChI is InChI=1S/C23H31N5O2/c1-27(2)21-15-20(25-23(26-21)17-8-10-24-11-9-17)18-6-5-12-28(16-18)22(29)14-19-7-3-4-13-30-19/h8-11,15,18-19H,3-7,12-14,16H2,1-2H3/t18-,19-/m1/s1. The number of anilines is 1. The number of pyridine rings is 1. The van der Waals surface area contributed by atoms with E-state index in [1.165, 1.54) is 0 Å². The van der Waals surface area contributed by atoms with E-state index in [4.69, 9.17) is 14.7 Å². The third-order valence-corrected chi connectivity index (χ3v) is 6.00. The summed E-state index contributed by atoms with van der Waals surface area (Å²) in [5.74, 6) is 2.02. The highest BCUT2D eigenvalue weighted by Gasteiger charge is 2.28. The molecule has 0 aromatic carbocycles. The van der Waals surface area contributed by atoms with Crippen molar-refractivity contribution in [3.63, 3.8) is 0 Å². The van der Waals surface area contributed by atoms with Gasteiger partial charge >= 0.3 is 0 Å². The number of carbonyl (C=O) groups is 1. The molecule has 0 bridgehead atoms. The summed E-state index contributed by atoms with van der Waals surface area (Å²) < 4.78 is 5.78. The number of aromatic nitrogens is 3. The van der Waals surface area contributed by atoms with E-state index in [2.05, 4.69) is 11.1 Å². The Labute approximate surface area is 178 Å². The van der Waals surface area contributed by atoms with E-state index in [1.54, 1.807) is 12.4 Å². The highest BCUT2D eigenvalue weighted by atomic mass is 16.5. The number of carbonyl (C=O) groups excluding carboxylic acids is 1. The smallest absolute Gasteiger partial charge is 0.225 e. The molecule has 7 nitrogen and oxygen atoms in total. The number of ether oxygens (including phenoxy) is 1. The zero-order valence-electron chi connectivity index (χ0n) is 18.0. The molecule has 2 aromatic heterocycles. The predicted octanol–water partition coefficient (Wildman–Crippen LogP) is 3.27. The summed E-state index contributed by atoms with van der Waals surface area (Å²) in [5, 5.41) is 0. The number of hydrogen-bond donors (Lipinski definition) is 0. The second-order valence-corrected chi connectivity index (χ2v) is 8.48. The van der Waals surface area contributed by atoms with Gasteiger partial charge in [-0.2, -0.15) is 0 Å². The number of nitrogens with zero attached hydrogens (tertiary/aromatic N) is 5. The summed E-state index contributed by atoms with van der Waals surface area (Å²) in [6, 6.07) is 5.92. The molecule has 2 aromatic rings. The van der Waals surface area contributed by atoms with Gasteiger partial charge in [-0.3, -0.25) is 9.78 Å². The van der Waals surface area contributed by atoms with Crippen molar-refractivity contribution in [1.29, 1.82) is 0 Å². The van der Waals surface area contributed by atoms with Crippen molar-refractivity contribution in [2.24, 2.45) is 0 Å². The summed E-state index contributed by atoms with van der Waals surface area (Å²) in [4.78, 5) is 30.6. The lowest BCUT2D eigenvalue weighted by molar-refractivity contribution is -0.136. The van der Waals surface area contributed by atoms with Gasteiger partial charge in [0.1, 0.15) is 5.82 Å². The fourth-order valence-electron chi connectivity index (χ4n) is 4.26.